The van der Waals surface area contributed by atoms with Crippen molar-refractivity contribution in [2.45, 2.75) is 38.5 Å². The van der Waals surface area contributed by atoms with E-state index in [9.17, 15) is 0 Å². The molecule has 3 heteroatoms. The molecule has 113 valence electrons. The molecular weight excluding hydrogens is 262 g/mol. The van der Waals surface area contributed by atoms with Crippen molar-refractivity contribution in [3.63, 3.8) is 0 Å². The molecule has 0 N–H and O–H groups in total. The zero-order chi connectivity index (χ0) is 14.1. The first-order valence-electron chi connectivity index (χ1n) is 8.34. The van der Waals surface area contributed by atoms with E-state index < -0.39 is 0 Å². The Kier molecular flexibility index (Phi) is 3.76. The molecule has 2 aliphatic heterocycles. The lowest BCUT2D eigenvalue weighted by molar-refractivity contribution is 0.174. The molecule has 1 saturated heterocycles. The highest BCUT2D eigenvalue weighted by Gasteiger charge is 2.31. The molecule has 21 heavy (non-hydrogen) atoms. The molecular formula is C18H24NO2. The number of hydrogen-bond donors (Lipinski definition) is 0. The summed E-state index contributed by atoms with van der Waals surface area (Å²) in [5, 5.41) is 0. The van der Waals surface area contributed by atoms with E-state index in [1.165, 1.54) is 57.3 Å². The molecule has 4 rings (SSSR count). The highest BCUT2D eigenvalue weighted by molar-refractivity contribution is 5.44. The van der Waals surface area contributed by atoms with Gasteiger partial charge in [-0.3, -0.25) is 0 Å². The molecule has 0 aromatic heterocycles. The van der Waals surface area contributed by atoms with Crippen LogP contribution in [-0.4, -0.2) is 31.3 Å². The van der Waals surface area contributed by atoms with E-state index in [1.807, 2.05) is 12.0 Å². The number of fused-ring (bicyclic) bond motifs is 1. The van der Waals surface area contributed by atoms with Crippen LogP contribution in [0.4, 0.5) is 0 Å². The largest absolute Gasteiger partial charge is 0.454 e. The minimum Gasteiger partial charge on any atom is -0.454 e. The molecule has 0 spiro atoms. The Labute approximate surface area is 127 Å². The highest BCUT2D eigenvalue weighted by atomic mass is 16.7. The molecule has 2 heterocycles. The van der Waals surface area contributed by atoms with Crippen LogP contribution in [0.3, 0.4) is 0 Å². The van der Waals surface area contributed by atoms with Gasteiger partial charge in [-0.15, -0.1) is 0 Å². The molecule has 1 aromatic rings. The van der Waals surface area contributed by atoms with Crippen molar-refractivity contribution < 1.29 is 9.47 Å². The van der Waals surface area contributed by atoms with Gasteiger partial charge in [0.25, 0.3) is 0 Å². The summed E-state index contributed by atoms with van der Waals surface area (Å²) in [7, 11) is 0. The summed E-state index contributed by atoms with van der Waals surface area (Å²) in [5.41, 5.74) is 1.36. The summed E-state index contributed by atoms with van der Waals surface area (Å²) in [6.45, 7) is 4.10. The van der Waals surface area contributed by atoms with Gasteiger partial charge in [-0.1, -0.05) is 18.9 Å². The van der Waals surface area contributed by atoms with E-state index in [2.05, 4.69) is 17.0 Å². The van der Waals surface area contributed by atoms with E-state index in [0.717, 1.165) is 23.8 Å². The number of nitrogens with zero attached hydrogens (tertiary/aromatic N) is 1. The molecule has 1 aliphatic carbocycles. The predicted octanol–water partition coefficient (Wildman–Crippen LogP) is 3.43. The number of likely N-dealkylation sites (tertiary alicyclic amines) is 1. The topological polar surface area (TPSA) is 21.7 Å². The van der Waals surface area contributed by atoms with E-state index in [1.54, 1.807) is 0 Å². The van der Waals surface area contributed by atoms with E-state index in [4.69, 9.17) is 9.47 Å². The summed E-state index contributed by atoms with van der Waals surface area (Å²) >= 11 is 0. The minimum absolute atomic E-state index is 0.366. The van der Waals surface area contributed by atoms with Crippen LogP contribution in [0.2, 0.25) is 0 Å². The van der Waals surface area contributed by atoms with Crippen LogP contribution in [0, 0.1) is 11.8 Å². The smallest absolute Gasteiger partial charge is 0.231 e. The van der Waals surface area contributed by atoms with Gasteiger partial charge < -0.3 is 14.4 Å². The Balaban J connectivity index is 1.29. The van der Waals surface area contributed by atoms with Crippen LogP contribution >= 0.6 is 0 Å². The minimum atomic E-state index is 0.366. The second-order valence-corrected chi connectivity index (χ2v) is 6.59. The summed E-state index contributed by atoms with van der Waals surface area (Å²) in [4.78, 5) is 2.64. The van der Waals surface area contributed by atoms with Gasteiger partial charge in [0, 0.05) is 13.1 Å². The van der Waals surface area contributed by atoms with Crippen LogP contribution in [0.15, 0.2) is 18.2 Å². The standard InChI is InChI=1S/C18H24NO2/c1-2-4-15(3-1)16-8-10-19(12-16)9-7-14-5-6-17-18(11-14)21-13-20-17/h5-6,11,16H,1-4,7-10,12-13H2/t16-/m1/s1. The monoisotopic (exact) mass is 286 g/mol. The lowest BCUT2D eigenvalue weighted by atomic mass is 9.90. The lowest BCUT2D eigenvalue weighted by Gasteiger charge is -2.19. The Morgan fingerprint density at radius 2 is 1.95 bits per heavy atom. The number of benzene rings is 1. The normalized spacial score (nSPS) is 25.8. The summed E-state index contributed by atoms with van der Waals surface area (Å²) in [6, 6.07) is 6.35. The summed E-state index contributed by atoms with van der Waals surface area (Å²) < 4.78 is 10.8. The first kappa shape index (κ1) is 13.4. The fraction of sp³-hybridized carbons (Fsp3) is 0.611. The Hall–Kier alpha value is -1.22. The van der Waals surface area contributed by atoms with Crippen LogP contribution in [0.5, 0.6) is 11.5 Å². The quantitative estimate of drug-likeness (QED) is 0.846. The van der Waals surface area contributed by atoms with Gasteiger partial charge >= 0.3 is 0 Å². The van der Waals surface area contributed by atoms with Gasteiger partial charge in [0.1, 0.15) is 0 Å². The third-order valence-corrected chi connectivity index (χ3v) is 5.25. The Bertz CT molecular complexity index is 496. The van der Waals surface area contributed by atoms with E-state index in [0.29, 0.717) is 6.79 Å². The zero-order valence-electron chi connectivity index (χ0n) is 12.6. The van der Waals surface area contributed by atoms with Gasteiger partial charge in [0.2, 0.25) is 6.79 Å². The SMILES string of the molecule is c1cc2c(cc1CCN1CC[C@@H]([C]3CCCC3)C1)OCO2. The summed E-state index contributed by atoms with van der Waals surface area (Å²) in [6.07, 6.45) is 8.17. The van der Waals surface area contributed by atoms with Crippen molar-refractivity contribution in [1.29, 1.82) is 0 Å². The maximum Gasteiger partial charge on any atom is 0.231 e. The second kappa shape index (κ2) is 5.88. The van der Waals surface area contributed by atoms with Crippen molar-refractivity contribution in [3.8, 4) is 11.5 Å². The van der Waals surface area contributed by atoms with Crippen LogP contribution in [0.25, 0.3) is 0 Å². The maximum atomic E-state index is 5.46. The third kappa shape index (κ3) is 2.89. The predicted molar refractivity (Wildman–Crippen MR) is 82.5 cm³/mol. The van der Waals surface area contributed by atoms with Crippen molar-refractivity contribution >= 4 is 0 Å². The fourth-order valence-electron chi connectivity index (χ4n) is 3.99. The molecule has 1 atom stereocenters. The average molecular weight is 286 g/mol. The van der Waals surface area contributed by atoms with Crippen molar-refractivity contribution in [3.05, 3.63) is 29.7 Å². The van der Waals surface area contributed by atoms with E-state index in [-0.39, 0.29) is 0 Å². The van der Waals surface area contributed by atoms with Crippen LogP contribution in [-0.2, 0) is 6.42 Å². The average Bonchev–Trinajstić information content (AvgIpc) is 3.24. The van der Waals surface area contributed by atoms with Crippen LogP contribution < -0.4 is 9.47 Å². The molecule has 0 amide bonds. The van der Waals surface area contributed by atoms with E-state index >= 15 is 0 Å². The first-order chi connectivity index (χ1) is 10.4. The number of hydrogen-bond acceptors (Lipinski definition) is 3. The Morgan fingerprint density at radius 3 is 2.86 bits per heavy atom. The van der Waals surface area contributed by atoms with Crippen molar-refractivity contribution in [1.82, 2.24) is 4.90 Å². The van der Waals surface area contributed by atoms with Crippen molar-refractivity contribution in [2.75, 3.05) is 26.4 Å². The highest BCUT2D eigenvalue weighted by Crippen LogP contribution is 2.38. The van der Waals surface area contributed by atoms with Gasteiger partial charge in [-0.25, -0.2) is 0 Å². The molecule has 2 fully saturated rings. The molecule has 0 bridgehead atoms. The third-order valence-electron chi connectivity index (χ3n) is 5.25. The summed E-state index contributed by atoms with van der Waals surface area (Å²) in [5.74, 6) is 4.55. The molecule has 1 aromatic carbocycles. The number of rotatable bonds is 4. The van der Waals surface area contributed by atoms with Gasteiger partial charge in [-0.2, -0.15) is 0 Å². The second-order valence-electron chi connectivity index (χ2n) is 6.59. The first-order valence-corrected chi connectivity index (χ1v) is 8.34. The molecule has 1 saturated carbocycles. The molecule has 0 unspecified atom stereocenters. The fourth-order valence-corrected chi connectivity index (χ4v) is 3.99. The lowest BCUT2D eigenvalue weighted by Crippen LogP contribution is -2.24. The van der Waals surface area contributed by atoms with Crippen LogP contribution in [0.1, 0.15) is 37.7 Å². The van der Waals surface area contributed by atoms with Gasteiger partial charge in [0.05, 0.1) is 0 Å². The van der Waals surface area contributed by atoms with Gasteiger partial charge in [-0.05, 0) is 61.8 Å². The molecule has 3 nitrogen and oxygen atoms in total. The number of ether oxygens (including phenoxy) is 2. The van der Waals surface area contributed by atoms with Crippen molar-refractivity contribution in [2.24, 2.45) is 5.92 Å². The molecule has 3 aliphatic rings. The Morgan fingerprint density at radius 1 is 1.10 bits per heavy atom. The van der Waals surface area contributed by atoms with Gasteiger partial charge in [0.15, 0.2) is 11.5 Å². The maximum absolute atomic E-state index is 5.46. The zero-order valence-corrected chi connectivity index (χ0v) is 12.6. The molecule has 1 radical (unpaired) electrons.